The summed E-state index contributed by atoms with van der Waals surface area (Å²) in [5, 5.41) is 8.43. The van der Waals surface area contributed by atoms with Crippen molar-refractivity contribution in [1.82, 2.24) is 10.2 Å². The van der Waals surface area contributed by atoms with Crippen LogP contribution in [0.15, 0.2) is 42.5 Å². The summed E-state index contributed by atoms with van der Waals surface area (Å²) in [5.41, 5.74) is 4.38. The second-order valence-corrected chi connectivity index (χ2v) is 3.82. The molecule has 16 heavy (non-hydrogen) atoms. The van der Waals surface area contributed by atoms with E-state index in [-0.39, 0.29) is 0 Å². The molecule has 0 aliphatic heterocycles. The van der Waals surface area contributed by atoms with E-state index < -0.39 is 0 Å². The predicted molar refractivity (Wildman–Crippen MR) is 65.1 cm³/mol. The van der Waals surface area contributed by atoms with E-state index in [4.69, 9.17) is 0 Å². The van der Waals surface area contributed by atoms with Gasteiger partial charge in [0.15, 0.2) is 0 Å². The third-order valence-electron chi connectivity index (χ3n) is 2.77. The Balaban J connectivity index is 2.36. The minimum atomic E-state index is 1.02. The standard InChI is InChI=1S/C14H11N2/c1-10-14-12(11-6-3-2-4-7-11)8-5-9-13(14)16-15-10/h2-7,9H,1H3,(H,15,16). The number of hydrogen-bond acceptors (Lipinski definition) is 1. The Morgan fingerprint density at radius 3 is 2.75 bits per heavy atom. The molecule has 0 unspecified atom stereocenters. The summed E-state index contributed by atoms with van der Waals surface area (Å²) >= 11 is 0. The Labute approximate surface area is 93.9 Å². The lowest BCUT2D eigenvalue weighted by atomic mass is 10.0. The Kier molecular flexibility index (Phi) is 2.00. The van der Waals surface area contributed by atoms with Crippen molar-refractivity contribution < 1.29 is 0 Å². The first-order valence-corrected chi connectivity index (χ1v) is 5.27. The molecule has 0 aliphatic rings. The van der Waals surface area contributed by atoms with Gasteiger partial charge in [-0.25, -0.2) is 0 Å². The second-order valence-electron chi connectivity index (χ2n) is 3.82. The first-order chi connectivity index (χ1) is 7.86. The molecular weight excluding hydrogens is 196 g/mol. The van der Waals surface area contributed by atoms with Crippen molar-refractivity contribution >= 4 is 10.9 Å². The lowest BCUT2D eigenvalue weighted by Gasteiger charge is -2.02. The highest BCUT2D eigenvalue weighted by Gasteiger charge is 2.08. The SMILES string of the molecule is Cc1n[nH]c2cc[c]c(-c3ccccc3)c12. The van der Waals surface area contributed by atoms with Gasteiger partial charge in [-0.3, -0.25) is 5.10 Å². The highest BCUT2D eigenvalue weighted by molar-refractivity contribution is 5.96. The van der Waals surface area contributed by atoms with Gasteiger partial charge in [0.25, 0.3) is 0 Å². The molecule has 0 bridgehead atoms. The van der Waals surface area contributed by atoms with Gasteiger partial charge >= 0.3 is 0 Å². The Morgan fingerprint density at radius 2 is 1.94 bits per heavy atom. The lowest BCUT2D eigenvalue weighted by Crippen LogP contribution is -1.80. The zero-order valence-corrected chi connectivity index (χ0v) is 8.99. The summed E-state index contributed by atoms with van der Waals surface area (Å²) in [6, 6.07) is 17.5. The van der Waals surface area contributed by atoms with Crippen LogP contribution in [0.25, 0.3) is 22.0 Å². The first kappa shape index (κ1) is 9.16. The van der Waals surface area contributed by atoms with Crippen LogP contribution in [-0.2, 0) is 0 Å². The van der Waals surface area contributed by atoms with Crippen molar-refractivity contribution in [1.29, 1.82) is 0 Å². The van der Waals surface area contributed by atoms with Gasteiger partial charge < -0.3 is 0 Å². The molecular formula is C14H11N2. The van der Waals surface area contributed by atoms with Crippen LogP contribution in [0.3, 0.4) is 0 Å². The van der Waals surface area contributed by atoms with Crippen LogP contribution in [0, 0.1) is 13.0 Å². The van der Waals surface area contributed by atoms with Gasteiger partial charge in [-0.05, 0) is 24.6 Å². The van der Waals surface area contributed by atoms with Crippen molar-refractivity contribution in [2.24, 2.45) is 0 Å². The van der Waals surface area contributed by atoms with Gasteiger partial charge in [-0.15, -0.1) is 0 Å². The van der Waals surface area contributed by atoms with E-state index in [1.54, 1.807) is 0 Å². The van der Waals surface area contributed by atoms with Gasteiger partial charge in [0, 0.05) is 10.9 Å². The van der Waals surface area contributed by atoms with Crippen molar-refractivity contribution in [3.8, 4) is 11.1 Å². The number of aromatic amines is 1. The molecule has 0 saturated carbocycles. The average molecular weight is 207 g/mol. The number of nitrogens with one attached hydrogen (secondary N) is 1. The van der Waals surface area contributed by atoms with Crippen molar-refractivity contribution in [3.63, 3.8) is 0 Å². The summed E-state index contributed by atoms with van der Waals surface area (Å²) in [6.07, 6.45) is 0. The molecule has 0 aliphatic carbocycles. The maximum Gasteiger partial charge on any atom is 0.0676 e. The molecule has 1 heterocycles. The molecule has 2 nitrogen and oxygen atoms in total. The van der Waals surface area contributed by atoms with Crippen LogP contribution < -0.4 is 0 Å². The summed E-state index contributed by atoms with van der Waals surface area (Å²) in [4.78, 5) is 0. The number of hydrogen-bond donors (Lipinski definition) is 1. The van der Waals surface area contributed by atoms with Crippen LogP contribution in [0.1, 0.15) is 5.69 Å². The van der Waals surface area contributed by atoms with E-state index in [1.807, 2.05) is 37.3 Å². The molecule has 0 saturated heterocycles. The van der Waals surface area contributed by atoms with Crippen LogP contribution in [0.2, 0.25) is 0 Å². The van der Waals surface area contributed by atoms with Gasteiger partial charge in [-0.1, -0.05) is 36.4 Å². The maximum atomic E-state index is 4.24. The summed E-state index contributed by atoms with van der Waals surface area (Å²) in [7, 11) is 0. The molecule has 3 rings (SSSR count). The molecule has 1 aromatic heterocycles. The van der Waals surface area contributed by atoms with E-state index in [0.717, 1.165) is 22.2 Å². The van der Waals surface area contributed by atoms with E-state index in [0.29, 0.717) is 0 Å². The number of H-pyrrole nitrogens is 1. The van der Waals surface area contributed by atoms with E-state index in [1.165, 1.54) is 5.56 Å². The fourth-order valence-corrected chi connectivity index (χ4v) is 2.00. The number of benzene rings is 2. The molecule has 77 valence electrons. The molecule has 3 aromatic rings. The number of nitrogens with zero attached hydrogens (tertiary/aromatic N) is 1. The number of aromatic nitrogens is 2. The monoisotopic (exact) mass is 207 g/mol. The van der Waals surface area contributed by atoms with Crippen molar-refractivity contribution in [3.05, 3.63) is 54.2 Å². The van der Waals surface area contributed by atoms with Gasteiger partial charge in [0.2, 0.25) is 0 Å². The van der Waals surface area contributed by atoms with Crippen LogP contribution in [0.4, 0.5) is 0 Å². The van der Waals surface area contributed by atoms with E-state index in [9.17, 15) is 0 Å². The maximum absolute atomic E-state index is 4.24. The van der Waals surface area contributed by atoms with Crippen molar-refractivity contribution in [2.45, 2.75) is 6.92 Å². The summed E-state index contributed by atoms with van der Waals surface area (Å²) in [5.74, 6) is 0. The fourth-order valence-electron chi connectivity index (χ4n) is 2.00. The van der Waals surface area contributed by atoms with E-state index >= 15 is 0 Å². The van der Waals surface area contributed by atoms with Crippen LogP contribution in [-0.4, -0.2) is 10.2 Å². The lowest BCUT2D eigenvalue weighted by molar-refractivity contribution is 1.07. The zero-order chi connectivity index (χ0) is 11.0. The molecule has 1 N–H and O–H groups in total. The molecule has 0 spiro atoms. The third-order valence-corrected chi connectivity index (χ3v) is 2.77. The van der Waals surface area contributed by atoms with Crippen LogP contribution in [0.5, 0.6) is 0 Å². The highest BCUT2D eigenvalue weighted by Crippen LogP contribution is 2.28. The Morgan fingerprint density at radius 1 is 1.12 bits per heavy atom. The van der Waals surface area contributed by atoms with Crippen molar-refractivity contribution in [2.75, 3.05) is 0 Å². The average Bonchev–Trinajstić information content (AvgIpc) is 2.73. The van der Waals surface area contributed by atoms with Gasteiger partial charge in [-0.2, -0.15) is 5.10 Å². The summed E-state index contributed by atoms with van der Waals surface area (Å²) in [6.45, 7) is 2.01. The molecule has 0 amide bonds. The fraction of sp³-hybridized carbons (Fsp3) is 0.0714. The highest BCUT2D eigenvalue weighted by atomic mass is 15.1. The third kappa shape index (κ3) is 1.31. The second kappa shape index (κ2) is 3.49. The normalized spacial score (nSPS) is 10.8. The zero-order valence-electron chi connectivity index (χ0n) is 8.99. The molecule has 0 atom stereocenters. The molecule has 2 aromatic carbocycles. The minimum absolute atomic E-state index is 1.02. The minimum Gasteiger partial charge on any atom is -0.278 e. The summed E-state index contributed by atoms with van der Waals surface area (Å²) < 4.78 is 0. The molecule has 0 fully saturated rings. The topological polar surface area (TPSA) is 28.7 Å². The molecule has 2 heteroatoms. The quantitative estimate of drug-likeness (QED) is 0.651. The predicted octanol–water partition coefficient (Wildman–Crippen LogP) is 3.34. The number of rotatable bonds is 1. The largest absolute Gasteiger partial charge is 0.278 e. The van der Waals surface area contributed by atoms with Gasteiger partial charge in [0.1, 0.15) is 0 Å². The Hall–Kier alpha value is -2.09. The smallest absolute Gasteiger partial charge is 0.0676 e. The number of fused-ring (bicyclic) bond motifs is 1. The van der Waals surface area contributed by atoms with Crippen LogP contribution >= 0.6 is 0 Å². The first-order valence-electron chi connectivity index (χ1n) is 5.27. The molecule has 1 radical (unpaired) electrons. The van der Waals surface area contributed by atoms with E-state index in [2.05, 4.69) is 28.4 Å². The Bertz CT molecular complexity index is 624. The number of aryl methyl sites for hydroxylation is 1. The van der Waals surface area contributed by atoms with Gasteiger partial charge in [0.05, 0.1) is 11.2 Å².